The van der Waals surface area contributed by atoms with E-state index in [9.17, 15) is 14.0 Å². The molecular weight excluding hydrogens is 285 g/mol. The monoisotopic (exact) mass is 301 g/mol. The summed E-state index contributed by atoms with van der Waals surface area (Å²) >= 11 is 0. The zero-order valence-electron chi connectivity index (χ0n) is 12.4. The van der Waals surface area contributed by atoms with Crippen molar-refractivity contribution >= 4 is 17.5 Å². The van der Waals surface area contributed by atoms with Crippen molar-refractivity contribution in [3.05, 3.63) is 47.5 Å². The third-order valence-corrected chi connectivity index (χ3v) is 3.82. The number of hydrogen-bond donors (Lipinski definition) is 0. The summed E-state index contributed by atoms with van der Waals surface area (Å²) < 4.78 is 14.7. The van der Waals surface area contributed by atoms with Crippen LogP contribution in [0.4, 0.5) is 10.1 Å². The Kier molecular flexibility index (Phi) is 3.52. The molecular formula is C16H16FN3O2. The van der Waals surface area contributed by atoms with Crippen LogP contribution in [0.15, 0.2) is 30.3 Å². The second-order valence-corrected chi connectivity index (χ2v) is 5.55. The van der Waals surface area contributed by atoms with Crippen molar-refractivity contribution in [1.82, 2.24) is 9.78 Å². The largest absolute Gasteiger partial charge is 0.274 e. The molecule has 0 spiro atoms. The smallest absolute Gasteiger partial charge is 0.239 e. The first-order chi connectivity index (χ1) is 10.5. The first-order valence-electron chi connectivity index (χ1n) is 7.09. The third-order valence-electron chi connectivity index (χ3n) is 3.82. The number of aryl methyl sites for hydroxylation is 2. The highest BCUT2D eigenvalue weighted by Gasteiger charge is 2.39. The number of aromatic nitrogens is 2. The molecule has 2 heterocycles. The summed E-state index contributed by atoms with van der Waals surface area (Å²) in [6, 6.07) is 7.29. The third kappa shape index (κ3) is 2.52. The summed E-state index contributed by atoms with van der Waals surface area (Å²) in [4.78, 5) is 25.8. The average molecular weight is 301 g/mol. The quantitative estimate of drug-likeness (QED) is 0.817. The molecule has 0 unspecified atom stereocenters. The minimum Gasteiger partial charge on any atom is -0.274 e. The molecule has 5 nitrogen and oxygen atoms in total. The van der Waals surface area contributed by atoms with Crippen LogP contribution in [-0.2, 0) is 16.1 Å². The van der Waals surface area contributed by atoms with Gasteiger partial charge in [-0.25, -0.2) is 4.39 Å². The Morgan fingerprint density at radius 1 is 1.23 bits per heavy atom. The number of halogens is 1. The molecule has 1 saturated heterocycles. The van der Waals surface area contributed by atoms with Crippen LogP contribution < -0.4 is 4.90 Å². The van der Waals surface area contributed by atoms with Crippen LogP contribution in [0.3, 0.4) is 0 Å². The van der Waals surface area contributed by atoms with Crippen LogP contribution in [0, 0.1) is 25.6 Å². The lowest BCUT2D eigenvalue weighted by Crippen LogP contribution is -2.31. The molecule has 114 valence electrons. The summed E-state index contributed by atoms with van der Waals surface area (Å²) in [6.07, 6.45) is 0.147. The first kappa shape index (κ1) is 14.4. The Bertz CT molecular complexity index is 736. The van der Waals surface area contributed by atoms with Gasteiger partial charge in [-0.05, 0) is 44.2 Å². The van der Waals surface area contributed by atoms with E-state index >= 15 is 0 Å². The molecule has 22 heavy (non-hydrogen) atoms. The fourth-order valence-electron chi connectivity index (χ4n) is 2.77. The van der Waals surface area contributed by atoms with Gasteiger partial charge >= 0.3 is 0 Å². The molecule has 1 aliphatic heterocycles. The molecule has 0 N–H and O–H groups in total. The lowest BCUT2D eigenvalue weighted by molar-refractivity contribution is -0.122. The normalized spacial score (nSPS) is 18.3. The maximum atomic E-state index is 13.0. The van der Waals surface area contributed by atoms with Gasteiger partial charge in [-0.1, -0.05) is 0 Å². The second kappa shape index (κ2) is 5.36. The van der Waals surface area contributed by atoms with Gasteiger partial charge in [-0.15, -0.1) is 0 Å². The van der Waals surface area contributed by atoms with Gasteiger partial charge < -0.3 is 0 Å². The van der Waals surface area contributed by atoms with Crippen LogP contribution >= 0.6 is 0 Å². The number of anilines is 1. The number of amides is 2. The molecule has 6 heteroatoms. The Morgan fingerprint density at radius 2 is 1.91 bits per heavy atom. The first-order valence-corrected chi connectivity index (χ1v) is 7.09. The van der Waals surface area contributed by atoms with Crippen molar-refractivity contribution in [3.63, 3.8) is 0 Å². The van der Waals surface area contributed by atoms with Gasteiger partial charge in [0, 0.05) is 12.1 Å². The molecule has 2 amide bonds. The fourth-order valence-corrected chi connectivity index (χ4v) is 2.77. The molecule has 0 radical (unpaired) electrons. The summed E-state index contributed by atoms with van der Waals surface area (Å²) in [5.74, 6) is -1.36. The number of hydrogen-bond acceptors (Lipinski definition) is 3. The molecule has 0 aliphatic carbocycles. The predicted molar refractivity (Wildman–Crippen MR) is 78.7 cm³/mol. The Hall–Kier alpha value is -2.50. The van der Waals surface area contributed by atoms with Crippen LogP contribution in [0.25, 0.3) is 0 Å². The number of benzene rings is 1. The fraction of sp³-hybridized carbons (Fsp3) is 0.312. The van der Waals surface area contributed by atoms with Gasteiger partial charge in [-0.3, -0.25) is 19.2 Å². The van der Waals surface area contributed by atoms with Crippen molar-refractivity contribution in [1.29, 1.82) is 0 Å². The Morgan fingerprint density at radius 3 is 2.50 bits per heavy atom. The van der Waals surface area contributed by atoms with Gasteiger partial charge in [0.1, 0.15) is 5.82 Å². The number of imide groups is 1. The predicted octanol–water partition coefficient (Wildman–Crippen LogP) is 2.22. The van der Waals surface area contributed by atoms with Crippen molar-refractivity contribution in [2.45, 2.75) is 26.8 Å². The summed E-state index contributed by atoms with van der Waals surface area (Å²) in [5, 5.41) is 4.33. The number of nitrogens with zero attached hydrogens (tertiary/aromatic N) is 3. The number of rotatable bonds is 3. The van der Waals surface area contributed by atoms with E-state index in [1.165, 1.54) is 24.3 Å². The maximum Gasteiger partial charge on any atom is 0.239 e. The van der Waals surface area contributed by atoms with Crippen molar-refractivity contribution in [2.24, 2.45) is 5.92 Å². The highest BCUT2D eigenvalue weighted by molar-refractivity contribution is 6.20. The molecule has 3 rings (SSSR count). The van der Waals surface area contributed by atoms with E-state index < -0.39 is 11.7 Å². The second-order valence-electron chi connectivity index (χ2n) is 5.55. The number of carbonyl (C=O) groups excluding carboxylic acids is 2. The molecule has 1 aromatic heterocycles. The van der Waals surface area contributed by atoms with E-state index in [0.29, 0.717) is 12.2 Å². The highest BCUT2D eigenvalue weighted by atomic mass is 19.1. The lowest BCUT2D eigenvalue weighted by atomic mass is 10.1. The molecule has 1 aromatic carbocycles. The van der Waals surface area contributed by atoms with Crippen LogP contribution in [0.2, 0.25) is 0 Å². The van der Waals surface area contributed by atoms with Gasteiger partial charge in [0.15, 0.2) is 0 Å². The van der Waals surface area contributed by atoms with E-state index in [1.54, 1.807) is 4.68 Å². The van der Waals surface area contributed by atoms with Gasteiger partial charge in [0.2, 0.25) is 11.8 Å². The van der Waals surface area contributed by atoms with Crippen LogP contribution in [0.5, 0.6) is 0 Å². The van der Waals surface area contributed by atoms with Crippen LogP contribution in [-0.4, -0.2) is 21.6 Å². The molecule has 1 atom stereocenters. The molecule has 0 bridgehead atoms. The Labute approximate surface area is 127 Å². The zero-order valence-corrected chi connectivity index (χ0v) is 12.4. The molecule has 0 saturated carbocycles. The van der Waals surface area contributed by atoms with E-state index in [1.807, 2.05) is 19.9 Å². The van der Waals surface area contributed by atoms with E-state index in [2.05, 4.69) is 5.10 Å². The Balaban J connectivity index is 1.82. The van der Waals surface area contributed by atoms with Gasteiger partial charge in [0.05, 0.1) is 23.8 Å². The maximum absolute atomic E-state index is 13.0. The van der Waals surface area contributed by atoms with E-state index in [-0.39, 0.29) is 18.2 Å². The SMILES string of the molecule is Cc1cc(C)n(C[C@H]2CC(=O)N(c3ccc(F)cc3)C2=O)n1. The number of carbonyl (C=O) groups is 2. The summed E-state index contributed by atoms with van der Waals surface area (Å²) in [5.41, 5.74) is 2.25. The van der Waals surface area contributed by atoms with Gasteiger partial charge in [-0.2, -0.15) is 5.10 Å². The van der Waals surface area contributed by atoms with Crippen molar-refractivity contribution in [3.8, 4) is 0 Å². The van der Waals surface area contributed by atoms with Crippen molar-refractivity contribution in [2.75, 3.05) is 4.90 Å². The van der Waals surface area contributed by atoms with E-state index in [4.69, 9.17) is 0 Å². The molecule has 1 fully saturated rings. The minimum atomic E-state index is -0.435. The molecule has 2 aromatic rings. The van der Waals surface area contributed by atoms with Crippen molar-refractivity contribution < 1.29 is 14.0 Å². The van der Waals surface area contributed by atoms with Crippen LogP contribution in [0.1, 0.15) is 17.8 Å². The summed E-state index contributed by atoms with van der Waals surface area (Å²) in [7, 11) is 0. The average Bonchev–Trinajstić information content (AvgIpc) is 2.92. The topological polar surface area (TPSA) is 55.2 Å². The molecule has 1 aliphatic rings. The zero-order chi connectivity index (χ0) is 15.9. The summed E-state index contributed by atoms with van der Waals surface area (Å²) in [6.45, 7) is 4.18. The van der Waals surface area contributed by atoms with E-state index in [0.717, 1.165) is 16.3 Å². The standard InChI is InChI=1S/C16H16FN3O2/c1-10-7-11(2)19(18-10)9-12-8-15(21)20(16(12)22)14-5-3-13(17)4-6-14/h3-7,12H,8-9H2,1-2H3/t12-/m1/s1. The van der Waals surface area contributed by atoms with Gasteiger partial charge in [0.25, 0.3) is 0 Å². The highest BCUT2D eigenvalue weighted by Crippen LogP contribution is 2.27. The minimum absolute atomic E-state index is 0.147. The lowest BCUT2D eigenvalue weighted by Gasteiger charge is -2.15.